The van der Waals surface area contributed by atoms with Crippen molar-refractivity contribution in [3.05, 3.63) is 35.9 Å². The van der Waals surface area contributed by atoms with Crippen LogP contribution in [0.3, 0.4) is 0 Å². The van der Waals surface area contributed by atoms with Gasteiger partial charge in [0.05, 0.1) is 0 Å². The number of nitrogens with two attached hydrogens (primary N) is 1. The highest BCUT2D eigenvalue weighted by Crippen LogP contribution is 2.22. The Morgan fingerprint density at radius 2 is 1.78 bits per heavy atom. The Bertz CT molecular complexity index is 321. The second-order valence-electron chi connectivity index (χ2n) is 5.51. The fraction of sp³-hybridized carbons (Fsp3) is 0.625. The molecule has 0 aliphatic heterocycles. The number of nitrogens with zero attached hydrogens (tertiary/aromatic N) is 1. The number of hydrogen-bond acceptors (Lipinski definition) is 2. The van der Waals surface area contributed by atoms with E-state index in [0.29, 0.717) is 18.0 Å². The molecule has 102 valence electrons. The smallest absolute Gasteiger partial charge is 0.0342 e. The van der Waals surface area contributed by atoms with Gasteiger partial charge in [-0.3, -0.25) is 4.90 Å². The Morgan fingerprint density at radius 3 is 2.28 bits per heavy atom. The van der Waals surface area contributed by atoms with Crippen molar-refractivity contribution in [3.8, 4) is 0 Å². The van der Waals surface area contributed by atoms with Gasteiger partial charge >= 0.3 is 0 Å². The van der Waals surface area contributed by atoms with Gasteiger partial charge in [-0.1, -0.05) is 51.1 Å². The fourth-order valence-corrected chi connectivity index (χ4v) is 2.32. The predicted octanol–water partition coefficient (Wildman–Crippen LogP) is 3.44. The summed E-state index contributed by atoms with van der Waals surface area (Å²) in [6.45, 7) is 7.70. The van der Waals surface area contributed by atoms with Crippen LogP contribution in [0.4, 0.5) is 0 Å². The van der Waals surface area contributed by atoms with Crippen LogP contribution in [-0.2, 0) is 0 Å². The maximum atomic E-state index is 6.12. The molecule has 0 heterocycles. The van der Waals surface area contributed by atoms with Crippen LogP contribution in [0.5, 0.6) is 0 Å². The molecule has 0 saturated heterocycles. The third-order valence-corrected chi connectivity index (χ3v) is 3.77. The first kappa shape index (κ1) is 15.2. The van der Waals surface area contributed by atoms with E-state index in [-0.39, 0.29) is 0 Å². The molecular formula is C16H28N2. The van der Waals surface area contributed by atoms with Gasteiger partial charge in [0.1, 0.15) is 0 Å². The quantitative estimate of drug-likeness (QED) is 0.801. The molecule has 2 nitrogen and oxygen atoms in total. The molecule has 0 aliphatic rings. The Hall–Kier alpha value is -0.860. The lowest BCUT2D eigenvalue weighted by Crippen LogP contribution is -2.33. The zero-order chi connectivity index (χ0) is 13.5. The fourth-order valence-electron chi connectivity index (χ4n) is 2.32. The molecule has 0 aromatic heterocycles. The Labute approximate surface area is 112 Å². The first-order chi connectivity index (χ1) is 8.56. The van der Waals surface area contributed by atoms with E-state index >= 15 is 0 Å². The van der Waals surface area contributed by atoms with Crippen LogP contribution in [-0.4, -0.2) is 24.5 Å². The van der Waals surface area contributed by atoms with Crippen LogP contribution in [0.2, 0.25) is 0 Å². The van der Waals surface area contributed by atoms with E-state index in [0.717, 1.165) is 19.4 Å². The molecule has 1 aromatic carbocycles. The summed E-state index contributed by atoms with van der Waals surface area (Å²) < 4.78 is 0. The molecule has 1 rings (SSSR count). The van der Waals surface area contributed by atoms with Gasteiger partial charge in [-0.25, -0.2) is 0 Å². The maximum absolute atomic E-state index is 6.12. The van der Waals surface area contributed by atoms with Crippen LogP contribution in [0.15, 0.2) is 30.3 Å². The molecule has 0 spiro atoms. The van der Waals surface area contributed by atoms with Gasteiger partial charge in [0.15, 0.2) is 0 Å². The van der Waals surface area contributed by atoms with Crippen LogP contribution in [0, 0.1) is 5.92 Å². The molecule has 0 fully saturated rings. The SMILES string of the molecule is CCC(c1ccccc1)N(C)CCC(N)C(C)C. The minimum absolute atomic E-state index is 0.306. The van der Waals surface area contributed by atoms with Gasteiger partial charge in [0, 0.05) is 12.1 Å². The van der Waals surface area contributed by atoms with Crippen molar-refractivity contribution in [3.63, 3.8) is 0 Å². The van der Waals surface area contributed by atoms with Crippen molar-refractivity contribution >= 4 is 0 Å². The van der Waals surface area contributed by atoms with Crippen molar-refractivity contribution in [1.82, 2.24) is 4.90 Å². The molecule has 0 saturated carbocycles. The average molecular weight is 248 g/mol. The molecule has 0 aliphatic carbocycles. The molecule has 18 heavy (non-hydrogen) atoms. The monoisotopic (exact) mass is 248 g/mol. The molecule has 2 unspecified atom stereocenters. The van der Waals surface area contributed by atoms with Crippen LogP contribution >= 0.6 is 0 Å². The summed E-state index contributed by atoms with van der Waals surface area (Å²) in [7, 11) is 2.20. The molecular weight excluding hydrogens is 220 g/mol. The van der Waals surface area contributed by atoms with E-state index in [1.807, 2.05) is 0 Å². The summed E-state index contributed by atoms with van der Waals surface area (Å²) in [5.74, 6) is 0.565. The van der Waals surface area contributed by atoms with Crippen molar-refractivity contribution < 1.29 is 0 Å². The van der Waals surface area contributed by atoms with Gasteiger partial charge in [-0.05, 0) is 37.9 Å². The van der Waals surface area contributed by atoms with Crippen molar-refractivity contribution in [2.45, 2.75) is 45.7 Å². The van der Waals surface area contributed by atoms with E-state index in [4.69, 9.17) is 5.73 Å². The lowest BCUT2D eigenvalue weighted by molar-refractivity contribution is 0.224. The predicted molar refractivity (Wildman–Crippen MR) is 79.5 cm³/mol. The molecule has 2 N–H and O–H groups in total. The van der Waals surface area contributed by atoms with Gasteiger partial charge < -0.3 is 5.73 Å². The zero-order valence-corrected chi connectivity index (χ0v) is 12.3. The Balaban J connectivity index is 2.55. The largest absolute Gasteiger partial charge is 0.327 e. The third-order valence-electron chi connectivity index (χ3n) is 3.77. The second-order valence-corrected chi connectivity index (χ2v) is 5.51. The molecule has 2 atom stereocenters. The standard InChI is InChI=1S/C16H28N2/c1-5-16(14-9-7-6-8-10-14)18(4)12-11-15(17)13(2)3/h6-10,13,15-16H,5,11-12,17H2,1-4H3. The van der Waals surface area contributed by atoms with Crippen LogP contribution in [0.25, 0.3) is 0 Å². The highest BCUT2D eigenvalue weighted by Gasteiger charge is 2.16. The van der Waals surface area contributed by atoms with Gasteiger partial charge in [-0.15, -0.1) is 0 Å². The lowest BCUT2D eigenvalue weighted by atomic mass is 10.00. The Kier molecular flexibility index (Phi) is 6.37. The minimum Gasteiger partial charge on any atom is -0.327 e. The van der Waals surface area contributed by atoms with Crippen LogP contribution in [0.1, 0.15) is 45.2 Å². The molecule has 1 aromatic rings. The van der Waals surface area contributed by atoms with E-state index < -0.39 is 0 Å². The third kappa shape index (κ3) is 4.43. The lowest BCUT2D eigenvalue weighted by Gasteiger charge is -2.29. The van der Waals surface area contributed by atoms with E-state index in [1.165, 1.54) is 5.56 Å². The summed E-state index contributed by atoms with van der Waals surface area (Å²) >= 11 is 0. The number of benzene rings is 1. The first-order valence-corrected chi connectivity index (χ1v) is 7.07. The van der Waals surface area contributed by atoms with Gasteiger partial charge in [0.2, 0.25) is 0 Å². The Morgan fingerprint density at radius 1 is 1.17 bits per heavy atom. The minimum atomic E-state index is 0.306. The number of rotatable bonds is 7. The summed E-state index contributed by atoms with van der Waals surface area (Å²) in [6, 6.07) is 11.5. The van der Waals surface area contributed by atoms with Crippen molar-refractivity contribution in [2.24, 2.45) is 11.7 Å². The highest BCUT2D eigenvalue weighted by molar-refractivity contribution is 5.18. The van der Waals surface area contributed by atoms with Crippen molar-refractivity contribution in [1.29, 1.82) is 0 Å². The van der Waals surface area contributed by atoms with E-state index in [9.17, 15) is 0 Å². The topological polar surface area (TPSA) is 29.3 Å². The first-order valence-electron chi connectivity index (χ1n) is 7.07. The highest BCUT2D eigenvalue weighted by atomic mass is 15.1. The average Bonchev–Trinajstić information content (AvgIpc) is 2.38. The van der Waals surface area contributed by atoms with E-state index in [2.05, 4.69) is 63.1 Å². The zero-order valence-electron chi connectivity index (χ0n) is 12.3. The second kappa shape index (κ2) is 7.55. The molecule has 0 amide bonds. The maximum Gasteiger partial charge on any atom is 0.0342 e. The van der Waals surface area contributed by atoms with Crippen molar-refractivity contribution in [2.75, 3.05) is 13.6 Å². The van der Waals surface area contributed by atoms with E-state index in [1.54, 1.807) is 0 Å². The van der Waals surface area contributed by atoms with Gasteiger partial charge in [0.25, 0.3) is 0 Å². The molecule has 2 heteroatoms. The van der Waals surface area contributed by atoms with Gasteiger partial charge in [-0.2, -0.15) is 0 Å². The summed E-state index contributed by atoms with van der Waals surface area (Å²) in [5, 5.41) is 0. The van der Waals surface area contributed by atoms with Crippen LogP contribution < -0.4 is 5.73 Å². The molecule has 0 bridgehead atoms. The normalized spacial score (nSPS) is 15.1. The molecule has 0 radical (unpaired) electrons. The summed E-state index contributed by atoms with van der Waals surface area (Å²) in [4.78, 5) is 2.43. The summed E-state index contributed by atoms with van der Waals surface area (Å²) in [5.41, 5.74) is 7.52. The number of hydrogen-bond donors (Lipinski definition) is 1. The summed E-state index contributed by atoms with van der Waals surface area (Å²) in [6.07, 6.45) is 2.20.